The zero-order valence-corrected chi connectivity index (χ0v) is 9.75. The zero-order chi connectivity index (χ0) is 9.26. The first-order valence-corrected chi connectivity index (χ1v) is 6.35. The molecule has 2 aliphatic carbocycles. The fraction of sp³-hybridized carbons (Fsp3) is 0.909. The fourth-order valence-corrected chi connectivity index (χ4v) is 3.55. The van der Waals surface area contributed by atoms with E-state index in [4.69, 9.17) is 12.2 Å². The molecule has 0 aromatic heterocycles. The number of hydrogen-bond donors (Lipinski definition) is 1. The fourth-order valence-electron chi connectivity index (χ4n) is 3.10. The summed E-state index contributed by atoms with van der Waals surface area (Å²) in [5.74, 6) is 2.67. The monoisotopic (exact) mass is 214 g/mol. The van der Waals surface area contributed by atoms with E-state index in [-0.39, 0.29) is 0 Å². The first-order chi connectivity index (χ1) is 6.27. The van der Waals surface area contributed by atoms with E-state index in [1.165, 1.54) is 44.9 Å². The highest BCUT2D eigenvalue weighted by Crippen LogP contribution is 2.43. The van der Waals surface area contributed by atoms with Crippen molar-refractivity contribution in [2.24, 2.45) is 17.8 Å². The summed E-state index contributed by atoms with van der Waals surface area (Å²) in [6.07, 6.45) is 9.92. The Morgan fingerprint density at radius 3 is 2.38 bits per heavy atom. The van der Waals surface area contributed by atoms with Crippen LogP contribution in [0.4, 0.5) is 0 Å². The van der Waals surface area contributed by atoms with Crippen LogP contribution in [0.25, 0.3) is 0 Å². The molecule has 0 aromatic carbocycles. The van der Waals surface area contributed by atoms with Gasteiger partial charge in [0.05, 0.1) is 0 Å². The minimum atomic E-state index is 0.651. The van der Waals surface area contributed by atoms with Crippen molar-refractivity contribution in [2.75, 3.05) is 0 Å². The first kappa shape index (κ1) is 9.97. The SMILES string of the molecule is S=C(S)C1CCC2CCCCC2C1. The van der Waals surface area contributed by atoms with Crippen LogP contribution >= 0.6 is 24.8 Å². The molecule has 3 atom stereocenters. The summed E-state index contributed by atoms with van der Waals surface area (Å²) in [6, 6.07) is 0. The number of thiol groups is 1. The highest BCUT2D eigenvalue weighted by atomic mass is 32.1. The largest absolute Gasteiger partial charge is 0.136 e. The van der Waals surface area contributed by atoms with Crippen molar-refractivity contribution in [3.8, 4) is 0 Å². The van der Waals surface area contributed by atoms with Gasteiger partial charge in [-0.05, 0) is 31.1 Å². The van der Waals surface area contributed by atoms with Gasteiger partial charge in [-0.15, -0.1) is 12.6 Å². The van der Waals surface area contributed by atoms with Crippen molar-refractivity contribution in [1.29, 1.82) is 0 Å². The van der Waals surface area contributed by atoms with Gasteiger partial charge < -0.3 is 0 Å². The third-order valence-electron chi connectivity index (χ3n) is 3.89. The van der Waals surface area contributed by atoms with Crippen molar-refractivity contribution < 1.29 is 0 Å². The molecule has 2 aliphatic rings. The topological polar surface area (TPSA) is 0 Å². The lowest BCUT2D eigenvalue weighted by Crippen LogP contribution is -2.29. The van der Waals surface area contributed by atoms with Gasteiger partial charge >= 0.3 is 0 Å². The summed E-state index contributed by atoms with van der Waals surface area (Å²) in [5, 5.41) is 0. The molecular weight excluding hydrogens is 196 g/mol. The van der Waals surface area contributed by atoms with Gasteiger partial charge in [-0.25, -0.2) is 0 Å². The number of fused-ring (bicyclic) bond motifs is 1. The van der Waals surface area contributed by atoms with Gasteiger partial charge in [0.15, 0.2) is 0 Å². The lowest BCUT2D eigenvalue weighted by Gasteiger charge is -2.38. The first-order valence-electron chi connectivity index (χ1n) is 5.50. The summed E-state index contributed by atoms with van der Waals surface area (Å²) in [7, 11) is 0. The Bertz CT molecular complexity index is 200. The third-order valence-corrected chi connectivity index (χ3v) is 4.59. The van der Waals surface area contributed by atoms with E-state index in [9.17, 15) is 0 Å². The number of hydrogen-bond acceptors (Lipinski definition) is 1. The van der Waals surface area contributed by atoms with Crippen LogP contribution in [-0.2, 0) is 0 Å². The molecule has 0 aliphatic heterocycles. The smallest absolute Gasteiger partial charge is 0.0479 e. The third kappa shape index (κ3) is 2.27. The zero-order valence-electron chi connectivity index (χ0n) is 8.04. The summed E-state index contributed by atoms with van der Waals surface area (Å²) >= 11 is 9.50. The second-order valence-electron chi connectivity index (χ2n) is 4.65. The summed E-state index contributed by atoms with van der Waals surface area (Å²) in [4.78, 5) is 0. The Hall–Kier alpha value is 0.440. The van der Waals surface area contributed by atoms with Gasteiger partial charge in [-0.1, -0.05) is 37.9 Å². The molecule has 2 fully saturated rings. The van der Waals surface area contributed by atoms with Gasteiger partial charge in [0.25, 0.3) is 0 Å². The van der Waals surface area contributed by atoms with Crippen LogP contribution in [0.1, 0.15) is 44.9 Å². The Kier molecular flexibility index (Phi) is 3.31. The maximum absolute atomic E-state index is 5.17. The van der Waals surface area contributed by atoms with Crippen molar-refractivity contribution in [2.45, 2.75) is 44.9 Å². The molecule has 0 nitrogen and oxygen atoms in total. The highest BCUT2D eigenvalue weighted by Gasteiger charge is 2.32. The standard InChI is InChI=1S/C11H18S2/c12-11(13)10-6-5-8-3-1-2-4-9(8)7-10/h8-10H,1-7H2,(H,12,13). The normalized spacial score (nSPS) is 39.6. The molecular formula is C11H18S2. The molecule has 0 spiro atoms. The lowest BCUT2D eigenvalue weighted by atomic mass is 9.68. The van der Waals surface area contributed by atoms with Gasteiger partial charge in [-0.2, -0.15) is 0 Å². The summed E-state index contributed by atoms with van der Waals surface area (Å²) in [6.45, 7) is 0. The Balaban J connectivity index is 1.95. The molecule has 2 saturated carbocycles. The van der Waals surface area contributed by atoms with E-state index in [0.717, 1.165) is 16.0 Å². The van der Waals surface area contributed by atoms with Crippen molar-refractivity contribution in [1.82, 2.24) is 0 Å². The van der Waals surface area contributed by atoms with Crippen LogP contribution in [0.15, 0.2) is 0 Å². The molecule has 13 heavy (non-hydrogen) atoms. The van der Waals surface area contributed by atoms with Crippen LogP contribution in [-0.4, -0.2) is 4.20 Å². The van der Waals surface area contributed by atoms with E-state index in [1.807, 2.05) is 0 Å². The molecule has 0 saturated heterocycles. The maximum Gasteiger partial charge on any atom is 0.0479 e. The Morgan fingerprint density at radius 1 is 1.00 bits per heavy atom. The highest BCUT2D eigenvalue weighted by molar-refractivity contribution is 8.11. The predicted octanol–water partition coefficient (Wildman–Crippen LogP) is 3.85. The average Bonchev–Trinajstić information content (AvgIpc) is 2.17. The number of thiocarbonyl (C=S) groups is 1. The van der Waals surface area contributed by atoms with Crippen molar-refractivity contribution in [3.05, 3.63) is 0 Å². The molecule has 74 valence electrons. The summed E-state index contributed by atoms with van der Waals surface area (Å²) < 4.78 is 0.962. The second-order valence-corrected chi connectivity index (χ2v) is 5.88. The molecule has 0 aromatic rings. The lowest BCUT2D eigenvalue weighted by molar-refractivity contribution is 0.154. The Morgan fingerprint density at radius 2 is 1.69 bits per heavy atom. The minimum Gasteiger partial charge on any atom is -0.136 e. The van der Waals surface area contributed by atoms with E-state index >= 15 is 0 Å². The molecule has 3 unspecified atom stereocenters. The van der Waals surface area contributed by atoms with Crippen LogP contribution in [0.2, 0.25) is 0 Å². The van der Waals surface area contributed by atoms with Crippen LogP contribution in [0.3, 0.4) is 0 Å². The van der Waals surface area contributed by atoms with Crippen molar-refractivity contribution >= 4 is 29.0 Å². The van der Waals surface area contributed by atoms with Crippen LogP contribution < -0.4 is 0 Å². The molecule has 2 heteroatoms. The second kappa shape index (κ2) is 4.31. The Labute approximate surface area is 91.9 Å². The maximum atomic E-state index is 5.17. The molecule has 0 bridgehead atoms. The minimum absolute atomic E-state index is 0.651. The molecule has 2 rings (SSSR count). The predicted molar refractivity (Wildman–Crippen MR) is 64.4 cm³/mol. The van der Waals surface area contributed by atoms with Crippen molar-refractivity contribution in [3.63, 3.8) is 0 Å². The number of rotatable bonds is 1. The van der Waals surface area contributed by atoms with Crippen LogP contribution in [0.5, 0.6) is 0 Å². The molecule has 0 N–H and O–H groups in total. The van der Waals surface area contributed by atoms with Gasteiger partial charge in [-0.3, -0.25) is 0 Å². The quantitative estimate of drug-likeness (QED) is 0.511. The average molecular weight is 214 g/mol. The van der Waals surface area contributed by atoms with Crippen LogP contribution in [0, 0.1) is 17.8 Å². The van der Waals surface area contributed by atoms with E-state index in [0.29, 0.717) is 5.92 Å². The van der Waals surface area contributed by atoms with Gasteiger partial charge in [0.2, 0.25) is 0 Å². The van der Waals surface area contributed by atoms with E-state index in [2.05, 4.69) is 12.6 Å². The van der Waals surface area contributed by atoms with E-state index in [1.54, 1.807) is 0 Å². The van der Waals surface area contributed by atoms with Gasteiger partial charge in [0.1, 0.15) is 0 Å². The molecule has 0 heterocycles. The molecule has 0 radical (unpaired) electrons. The molecule has 0 amide bonds. The summed E-state index contributed by atoms with van der Waals surface area (Å²) in [5.41, 5.74) is 0. The van der Waals surface area contributed by atoms with Gasteiger partial charge in [0, 0.05) is 10.1 Å². The van der Waals surface area contributed by atoms with E-state index < -0.39 is 0 Å².